The Morgan fingerprint density at radius 1 is 0.235 bits per heavy atom. The monoisotopic (exact) mass is 1200 g/mol. The summed E-state index contributed by atoms with van der Waals surface area (Å²) in [6.45, 7) is 10.5. The molecule has 0 aliphatic rings. The van der Waals surface area contributed by atoms with E-state index in [4.69, 9.17) is 61.3 Å². The minimum atomic E-state index is -2.31. The molecule has 0 radical (unpaired) electrons. The van der Waals surface area contributed by atoms with Crippen molar-refractivity contribution in [3.63, 3.8) is 0 Å². The maximum atomic E-state index is 13.0. The number of hydrogen-bond donors (Lipinski definition) is 17. The van der Waals surface area contributed by atoms with Crippen LogP contribution in [0.4, 0.5) is 0 Å². The van der Waals surface area contributed by atoms with Crippen molar-refractivity contribution in [2.75, 3.05) is 0 Å². The van der Waals surface area contributed by atoms with Crippen LogP contribution in [0.2, 0.25) is 0 Å². The lowest BCUT2D eigenvalue weighted by Crippen LogP contribution is -2.29. The standard InChI is InChI=1S/C24H20O13.2C12H6O12/c1-4-7-10(8-5-2)11(9-6-3)23(35)37-24(36)17-15(21(31)32)13(19(27)28)12(18(25)26)14(20(29)30)16(17)22(33)34;2*13-7(14)1-2(8(15)16)4(10(19)20)6(12(23)24)5(11(21)22)3(1)9(17)18/h4-6H,1-3,7-9H2,(H,25,26)(H,27,28)(H,29,30)(H,31,32)(H,33,34);2*(H,13,14)(H,15,16)(H,17,18)(H,19,20)(H,21,22)(H,23,24). The predicted molar refractivity (Wildman–Crippen MR) is 260 cm³/mol. The van der Waals surface area contributed by atoms with Crippen LogP contribution in [0.3, 0.4) is 0 Å². The minimum absolute atomic E-state index is 0.110. The van der Waals surface area contributed by atoms with Crippen LogP contribution in [0.1, 0.15) is 206 Å². The average molecular weight is 1200 g/mol. The number of rotatable bonds is 25. The molecule has 0 aliphatic heterocycles. The summed E-state index contributed by atoms with van der Waals surface area (Å²) in [5, 5.41) is 156. The van der Waals surface area contributed by atoms with Crippen LogP contribution in [0.25, 0.3) is 0 Å². The zero-order chi connectivity index (χ0) is 66.5. The van der Waals surface area contributed by atoms with Gasteiger partial charge in [-0.25, -0.2) is 91.1 Å². The Labute approximate surface area is 463 Å². The summed E-state index contributed by atoms with van der Waals surface area (Å²) >= 11 is 0. The molecule has 37 heteroatoms. The van der Waals surface area contributed by atoms with Gasteiger partial charge in [-0.1, -0.05) is 23.8 Å². The van der Waals surface area contributed by atoms with Crippen molar-refractivity contribution in [1.82, 2.24) is 0 Å². The average Bonchev–Trinajstić information content (AvgIpc) is 0.902. The summed E-state index contributed by atoms with van der Waals surface area (Å²) < 4.78 is 4.66. The number of carboxylic acids is 17. The summed E-state index contributed by atoms with van der Waals surface area (Å²) in [6.07, 6.45) is 4.11. The molecule has 0 fully saturated rings. The van der Waals surface area contributed by atoms with Crippen molar-refractivity contribution >= 4 is 113 Å². The smallest absolute Gasteiger partial charge is 0.347 e. The van der Waals surface area contributed by atoms with E-state index in [0.717, 1.165) is 0 Å². The molecular weight excluding hydrogens is 1170 g/mol. The van der Waals surface area contributed by atoms with E-state index in [0.29, 0.717) is 5.57 Å². The first-order valence-corrected chi connectivity index (χ1v) is 21.1. The summed E-state index contributed by atoms with van der Waals surface area (Å²) in [5.41, 5.74) is -29.9. The highest BCUT2D eigenvalue weighted by Crippen LogP contribution is 2.34. The number of carbonyl (C=O) groups excluding carboxylic acids is 2. The van der Waals surface area contributed by atoms with Crippen molar-refractivity contribution in [3.05, 3.63) is 149 Å². The Bertz CT molecular complexity index is 3100. The second-order valence-corrected chi connectivity index (χ2v) is 15.2. The fourth-order valence-corrected chi connectivity index (χ4v) is 7.48. The van der Waals surface area contributed by atoms with E-state index in [1.54, 1.807) is 0 Å². The highest BCUT2D eigenvalue weighted by molar-refractivity contribution is 6.26. The van der Waals surface area contributed by atoms with Gasteiger partial charge in [-0.05, 0) is 19.3 Å². The molecule has 85 heavy (non-hydrogen) atoms. The molecule has 3 aromatic rings. The van der Waals surface area contributed by atoms with E-state index in [9.17, 15) is 117 Å². The molecule has 446 valence electrons. The number of carbonyl (C=O) groups is 19. The van der Waals surface area contributed by atoms with Gasteiger partial charge in [0, 0.05) is 5.57 Å². The van der Waals surface area contributed by atoms with Gasteiger partial charge in [-0.2, -0.15) is 0 Å². The first-order valence-electron chi connectivity index (χ1n) is 21.1. The Kier molecular flexibility index (Phi) is 23.0. The number of ether oxygens (including phenoxy) is 1. The highest BCUT2D eigenvalue weighted by Gasteiger charge is 2.44. The number of esters is 2. The van der Waals surface area contributed by atoms with Crippen molar-refractivity contribution in [2.45, 2.75) is 19.3 Å². The van der Waals surface area contributed by atoms with Crippen molar-refractivity contribution in [2.24, 2.45) is 0 Å². The van der Waals surface area contributed by atoms with E-state index in [2.05, 4.69) is 24.5 Å². The molecule has 37 nitrogen and oxygen atoms in total. The Hall–Kier alpha value is -13.3. The lowest BCUT2D eigenvalue weighted by molar-refractivity contribution is -0.133. The molecule has 0 bridgehead atoms. The first kappa shape index (κ1) is 69.8. The Morgan fingerprint density at radius 3 is 0.482 bits per heavy atom. The van der Waals surface area contributed by atoms with Crippen LogP contribution in [-0.4, -0.2) is 200 Å². The molecule has 17 N–H and O–H groups in total. The van der Waals surface area contributed by atoms with Crippen molar-refractivity contribution in [3.8, 4) is 0 Å². The van der Waals surface area contributed by atoms with Crippen LogP contribution < -0.4 is 0 Å². The third-order valence-corrected chi connectivity index (χ3v) is 10.3. The van der Waals surface area contributed by atoms with E-state index < -0.39 is 214 Å². The van der Waals surface area contributed by atoms with E-state index in [1.807, 2.05) is 0 Å². The van der Waals surface area contributed by atoms with Gasteiger partial charge in [0.05, 0.1) is 100 Å². The number of allylic oxidation sites excluding steroid dienone is 4. The number of benzene rings is 3. The van der Waals surface area contributed by atoms with Crippen molar-refractivity contribution in [1.29, 1.82) is 0 Å². The molecule has 0 saturated heterocycles. The van der Waals surface area contributed by atoms with Gasteiger partial charge in [0.15, 0.2) is 0 Å². The molecule has 3 aromatic carbocycles. The Morgan fingerprint density at radius 2 is 0.365 bits per heavy atom. The van der Waals surface area contributed by atoms with Gasteiger partial charge in [0.1, 0.15) is 0 Å². The maximum absolute atomic E-state index is 13.0. The predicted octanol–water partition coefficient (Wildman–Crippen LogP) is 2.64. The zero-order valence-electron chi connectivity index (χ0n) is 41.2. The molecular formula is C48H32O37. The molecule has 0 atom stereocenters. The normalized spacial score (nSPS) is 9.98. The fourth-order valence-electron chi connectivity index (χ4n) is 7.48. The van der Waals surface area contributed by atoms with E-state index in [-0.39, 0.29) is 24.8 Å². The third-order valence-electron chi connectivity index (χ3n) is 10.3. The first-order chi connectivity index (χ1) is 39.1. The van der Waals surface area contributed by atoms with Crippen LogP contribution in [0.15, 0.2) is 49.1 Å². The Balaban J connectivity index is 0.000000662. The lowest BCUT2D eigenvalue weighted by atomic mass is 9.86. The van der Waals surface area contributed by atoms with Crippen molar-refractivity contribution < 1.29 is 183 Å². The van der Waals surface area contributed by atoms with Crippen LogP contribution in [0.5, 0.6) is 0 Å². The maximum Gasteiger partial charge on any atom is 0.347 e. The fraction of sp³-hybridized carbons (Fsp3) is 0.0625. The summed E-state index contributed by atoms with van der Waals surface area (Å²) in [7, 11) is 0. The van der Waals surface area contributed by atoms with Gasteiger partial charge in [0.2, 0.25) is 0 Å². The second kappa shape index (κ2) is 28.1. The molecule has 3 rings (SSSR count). The molecule has 0 amide bonds. The van der Waals surface area contributed by atoms with Crippen LogP contribution >= 0.6 is 0 Å². The SMILES string of the molecule is C=CCC(CC=C)=C(CC=C)C(=O)OC(=O)c1c(C(=O)O)c(C(=O)O)c(C(=O)O)c(C(=O)O)c1C(=O)O.O=C(O)c1c(C(=O)O)c(C(=O)O)c(C(=O)O)c(C(=O)O)c1C(=O)O.O=C(O)c1c(C(=O)O)c(C(=O)O)c(C(=O)O)c(C(=O)O)c1C(=O)O. The molecule has 0 spiro atoms. The van der Waals surface area contributed by atoms with E-state index in [1.165, 1.54) is 18.2 Å². The summed E-state index contributed by atoms with van der Waals surface area (Å²) in [5.74, 6) is -42.1. The number of aromatic carboxylic acids is 17. The topological polar surface area (TPSA) is 677 Å². The lowest BCUT2D eigenvalue weighted by Gasteiger charge is -2.17. The van der Waals surface area contributed by atoms with E-state index >= 15 is 0 Å². The van der Waals surface area contributed by atoms with Crippen LogP contribution in [0, 0.1) is 0 Å². The van der Waals surface area contributed by atoms with Gasteiger partial charge in [-0.15, -0.1) is 19.7 Å². The molecule has 0 aromatic heterocycles. The molecule has 0 saturated carbocycles. The van der Waals surface area contributed by atoms with Gasteiger partial charge in [-0.3, -0.25) is 0 Å². The summed E-state index contributed by atoms with van der Waals surface area (Å²) in [4.78, 5) is 220. The molecule has 0 unspecified atom stereocenters. The van der Waals surface area contributed by atoms with Gasteiger partial charge >= 0.3 is 113 Å². The highest BCUT2D eigenvalue weighted by atomic mass is 16.6. The van der Waals surface area contributed by atoms with Gasteiger partial charge < -0.3 is 91.5 Å². The quantitative estimate of drug-likeness (QED) is 0.0251. The van der Waals surface area contributed by atoms with Crippen LogP contribution in [-0.2, 0) is 9.53 Å². The second-order valence-electron chi connectivity index (χ2n) is 15.2. The largest absolute Gasteiger partial charge is 0.478 e. The number of hydrogen-bond acceptors (Lipinski definition) is 20. The molecule has 0 heterocycles. The number of carboxylic acid groups (broad SMARTS) is 17. The zero-order valence-corrected chi connectivity index (χ0v) is 41.2. The summed E-state index contributed by atoms with van der Waals surface area (Å²) in [6, 6.07) is 0. The third kappa shape index (κ3) is 14.5. The minimum Gasteiger partial charge on any atom is -0.478 e. The van der Waals surface area contributed by atoms with Gasteiger partial charge in [0.25, 0.3) is 0 Å². The molecule has 0 aliphatic carbocycles.